The molecule has 0 saturated heterocycles. The Morgan fingerprint density at radius 2 is 0.839 bits per heavy atom. The molecule has 0 spiro atoms. The van der Waals surface area contributed by atoms with Gasteiger partial charge in [0.05, 0.1) is 12.5 Å². The van der Waals surface area contributed by atoms with Gasteiger partial charge >= 0.3 is 30.1 Å². The molecule has 25 heteroatoms. The second kappa shape index (κ2) is 24.8. The summed E-state index contributed by atoms with van der Waals surface area (Å²) in [4.78, 5) is 135. The average molecular weight is 831 g/mol. The molecule has 0 aromatic heterocycles. The number of hydrogen-bond donors (Lipinski definition) is 10. The van der Waals surface area contributed by atoms with Gasteiger partial charge in [-0.15, -0.1) is 0 Å². The third-order valence-corrected chi connectivity index (χ3v) is 8.12. The van der Waals surface area contributed by atoms with Crippen molar-refractivity contribution in [3.05, 3.63) is 0 Å². The molecule has 0 aliphatic carbocycles. The molecule has 0 aromatic carbocycles. The summed E-state index contributed by atoms with van der Waals surface area (Å²) in [6.45, 7) is 2.11. The Hall–Kier alpha value is -5.49. The van der Waals surface area contributed by atoms with Gasteiger partial charge in [-0.2, -0.15) is 24.9 Å². The van der Waals surface area contributed by atoms with Crippen LogP contribution < -0.4 is 31.9 Å². The molecule has 0 heterocycles. The number of rotatable bonds is 27. The van der Waals surface area contributed by atoms with Gasteiger partial charge < -0.3 is 52.3 Å². The van der Waals surface area contributed by atoms with Crippen LogP contribution in [0.3, 0.4) is 0 Å². The Labute approximate surface area is 321 Å². The molecule has 0 saturated carbocycles. The van der Waals surface area contributed by atoms with Crippen LogP contribution in [0.2, 0.25) is 0 Å². The van der Waals surface area contributed by atoms with Crippen molar-refractivity contribution in [1.29, 1.82) is 0 Å². The van der Waals surface area contributed by atoms with E-state index < -0.39 is 159 Å². The topological polar surface area (TPSA) is 341 Å². The van der Waals surface area contributed by atoms with Crippen LogP contribution in [0.4, 0.5) is 13.2 Å². The highest BCUT2D eigenvalue weighted by atomic mass is 32.2. The number of amides is 6. The minimum Gasteiger partial charge on any atom is -0.481 e. The number of nitrogens with one attached hydrogen (secondary N) is 6. The lowest BCUT2D eigenvalue weighted by Crippen LogP contribution is -2.60. The minimum atomic E-state index is -5.36. The summed E-state index contributed by atoms with van der Waals surface area (Å²) >= 11 is 1.17. The molecule has 6 atom stereocenters. The van der Waals surface area contributed by atoms with Gasteiger partial charge in [-0.05, 0) is 44.1 Å². The quantitative estimate of drug-likeness (QED) is 0.0440. The first-order chi connectivity index (χ1) is 25.9. The van der Waals surface area contributed by atoms with E-state index in [9.17, 15) is 76.1 Å². The lowest BCUT2D eigenvalue weighted by molar-refractivity contribution is -0.173. The van der Waals surface area contributed by atoms with E-state index in [4.69, 9.17) is 10.2 Å². The smallest absolute Gasteiger partial charge is 0.452 e. The summed E-state index contributed by atoms with van der Waals surface area (Å²) in [5, 5.41) is 49.2. The van der Waals surface area contributed by atoms with E-state index in [2.05, 4.69) is 26.6 Å². The molecule has 0 radical (unpaired) electrons. The van der Waals surface area contributed by atoms with Crippen molar-refractivity contribution in [2.75, 3.05) is 12.0 Å². The molecule has 316 valence electrons. The molecule has 0 aromatic rings. The van der Waals surface area contributed by atoms with Crippen LogP contribution >= 0.6 is 11.8 Å². The number of carbonyl (C=O) groups excluding carboxylic acids is 7. The van der Waals surface area contributed by atoms with Crippen molar-refractivity contribution in [3.63, 3.8) is 0 Å². The van der Waals surface area contributed by atoms with Gasteiger partial charge in [0, 0.05) is 26.2 Å². The molecule has 0 aliphatic heterocycles. The summed E-state index contributed by atoms with van der Waals surface area (Å²) in [5.74, 6) is -15.2. The zero-order valence-corrected chi connectivity index (χ0v) is 31.2. The number of thioether (sulfide) groups is 1. The predicted octanol–water partition coefficient (Wildman–Crippen LogP) is -1.72. The zero-order chi connectivity index (χ0) is 43.3. The van der Waals surface area contributed by atoms with Crippen molar-refractivity contribution in [1.82, 2.24) is 31.9 Å². The summed E-state index contributed by atoms with van der Waals surface area (Å²) in [6.07, 6.45) is -9.78. The summed E-state index contributed by atoms with van der Waals surface area (Å²) in [6, 6.07) is -10.9. The number of carbonyl (C=O) groups is 11. The summed E-state index contributed by atoms with van der Waals surface area (Å²) in [5.41, 5.74) is 0. The average Bonchev–Trinajstić information content (AvgIpc) is 3.08. The van der Waals surface area contributed by atoms with Crippen LogP contribution in [0.5, 0.6) is 0 Å². The SMILES string of the molecule is CCC(NC(=O)[C@H](CCC(=O)O)NC(=O)[C@H](CCC(=O)O)NC(=O)[C@H](CCSC)NC(=O)[C@H](CCC(=O)O)NC(=O)[C@H](CC(=O)O)NC(C)=O)C(=O)C(F)(F)F. The monoisotopic (exact) mass is 830 g/mol. The second-order valence-electron chi connectivity index (χ2n) is 12.0. The molecule has 1 unspecified atom stereocenters. The van der Waals surface area contributed by atoms with Gasteiger partial charge in [0.1, 0.15) is 30.2 Å². The molecule has 6 amide bonds. The van der Waals surface area contributed by atoms with E-state index in [0.717, 1.165) is 13.8 Å². The maximum absolute atomic E-state index is 13.5. The number of ketones is 1. The predicted molar refractivity (Wildman–Crippen MR) is 184 cm³/mol. The Morgan fingerprint density at radius 3 is 1.11 bits per heavy atom. The number of hydrogen-bond acceptors (Lipinski definition) is 12. The van der Waals surface area contributed by atoms with Crippen molar-refractivity contribution in [2.24, 2.45) is 0 Å². The number of halogens is 3. The lowest BCUT2D eigenvalue weighted by atomic mass is 10.0. The first kappa shape index (κ1) is 50.5. The van der Waals surface area contributed by atoms with E-state index in [1.807, 2.05) is 0 Å². The van der Waals surface area contributed by atoms with Crippen LogP contribution in [0.1, 0.15) is 71.6 Å². The minimum absolute atomic E-state index is 0.145. The van der Waals surface area contributed by atoms with Gasteiger partial charge in [0.25, 0.3) is 5.78 Å². The summed E-state index contributed by atoms with van der Waals surface area (Å²) in [7, 11) is 0. The van der Waals surface area contributed by atoms with Gasteiger partial charge in [-0.3, -0.25) is 52.7 Å². The van der Waals surface area contributed by atoms with Crippen LogP contribution in [0.25, 0.3) is 0 Å². The molecule has 0 bridgehead atoms. The molecule has 10 N–H and O–H groups in total. The number of Topliss-reactive ketones (excluding diaryl/α,β-unsaturated/α-hetero) is 1. The highest BCUT2D eigenvalue weighted by molar-refractivity contribution is 7.98. The Morgan fingerprint density at radius 1 is 0.518 bits per heavy atom. The molecule has 0 aliphatic rings. The third kappa shape index (κ3) is 20.3. The fourth-order valence-electron chi connectivity index (χ4n) is 4.66. The van der Waals surface area contributed by atoms with E-state index in [1.54, 1.807) is 11.6 Å². The second-order valence-corrected chi connectivity index (χ2v) is 13.0. The van der Waals surface area contributed by atoms with Crippen LogP contribution in [0.15, 0.2) is 0 Å². The van der Waals surface area contributed by atoms with Crippen molar-refractivity contribution in [3.8, 4) is 0 Å². The van der Waals surface area contributed by atoms with Crippen molar-refractivity contribution < 1.29 is 86.3 Å². The summed E-state index contributed by atoms with van der Waals surface area (Å²) < 4.78 is 39.1. The van der Waals surface area contributed by atoms with E-state index in [0.29, 0.717) is 0 Å². The van der Waals surface area contributed by atoms with Gasteiger partial charge in [-0.25, -0.2) is 0 Å². The number of carboxylic acids is 4. The number of aliphatic carboxylic acids is 4. The van der Waals surface area contributed by atoms with Gasteiger partial charge in [-0.1, -0.05) is 6.92 Å². The van der Waals surface area contributed by atoms with Crippen LogP contribution in [-0.4, -0.2) is 140 Å². The fraction of sp³-hybridized carbons (Fsp3) is 0.645. The fourth-order valence-corrected chi connectivity index (χ4v) is 5.13. The molecule has 21 nitrogen and oxygen atoms in total. The first-order valence-corrected chi connectivity index (χ1v) is 18.1. The Balaban J connectivity index is 6.48. The van der Waals surface area contributed by atoms with Crippen LogP contribution in [-0.2, 0) is 52.7 Å². The number of alkyl halides is 3. The van der Waals surface area contributed by atoms with E-state index in [-0.39, 0.29) is 12.2 Å². The zero-order valence-electron chi connectivity index (χ0n) is 30.4. The number of carboxylic acid groups (broad SMARTS) is 4. The first-order valence-electron chi connectivity index (χ1n) is 16.7. The lowest BCUT2D eigenvalue weighted by Gasteiger charge is -2.27. The Kier molecular flexibility index (Phi) is 22.4. The standard InChI is InChI=1S/C31H45F3N6O15S/c1-4-15(25(50)31(32,33)34)36-26(51)16(5-8-21(42)43)37-27(52)17(6-9-22(44)45)38-29(54)19(11-12-56-3)40-28(53)18(7-10-23(46)47)39-30(55)20(13-24(48)49)35-14(2)41/h15-20H,4-13H2,1-3H3,(H,35,41)(H,36,51)(H,37,52)(H,38,54)(H,39,55)(H,40,53)(H,42,43)(H,44,45)(H,46,47)(H,48,49)/t15?,16-,17-,18-,19-,20-/m0/s1. The molecular weight excluding hydrogens is 785 g/mol. The Bertz CT molecular complexity index is 1470. The van der Waals surface area contributed by atoms with Crippen LogP contribution in [0, 0.1) is 0 Å². The highest BCUT2D eigenvalue weighted by Crippen LogP contribution is 2.19. The van der Waals surface area contributed by atoms with Crippen molar-refractivity contribution in [2.45, 2.75) is 114 Å². The maximum Gasteiger partial charge on any atom is 0.452 e. The van der Waals surface area contributed by atoms with E-state index >= 15 is 0 Å². The normalized spacial score (nSPS) is 14.2. The molecule has 56 heavy (non-hydrogen) atoms. The molecule has 0 rings (SSSR count). The molecule has 0 fully saturated rings. The van der Waals surface area contributed by atoms with Gasteiger partial charge in [0.15, 0.2) is 0 Å². The third-order valence-electron chi connectivity index (χ3n) is 7.48. The largest absolute Gasteiger partial charge is 0.481 e. The molecular formula is C31H45F3N6O15S. The van der Waals surface area contributed by atoms with Crippen molar-refractivity contribution >= 4 is 76.9 Å². The maximum atomic E-state index is 13.5. The highest BCUT2D eigenvalue weighted by Gasteiger charge is 2.44. The van der Waals surface area contributed by atoms with Gasteiger partial charge in [0.2, 0.25) is 35.4 Å². The van der Waals surface area contributed by atoms with E-state index in [1.165, 1.54) is 11.8 Å².